The zero-order valence-corrected chi connectivity index (χ0v) is 17.7. The molecule has 1 atom stereocenters. The molecular formula is C22H38ClNO3. The van der Waals surface area contributed by atoms with E-state index in [2.05, 4.69) is 6.92 Å². The van der Waals surface area contributed by atoms with Gasteiger partial charge in [0.05, 0.1) is 0 Å². The van der Waals surface area contributed by atoms with E-state index in [4.69, 9.17) is 11.6 Å². The molecule has 2 N–H and O–H groups in total. The van der Waals surface area contributed by atoms with Crippen LogP contribution in [0.3, 0.4) is 0 Å². The monoisotopic (exact) mass is 399 g/mol. The van der Waals surface area contributed by atoms with Gasteiger partial charge in [0.1, 0.15) is 0 Å². The maximum Gasteiger partial charge on any atom is 0.224 e. The van der Waals surface area contributed by atoms with Crippen LogP contribution in [0, 0.1) is 5.92 Å². The number of halogens is 1. The van der Waals surface area contributed by atoms with Gasteiger partial charge in [-0.05, 0) is 30.9 Å². The number of hydrogen-bond donors (Lipinski definition) is 2. The van der Waals surface area contributed by atoms with Crippen molar-refractivity contribution in [1.29, 1.82) is 0 Å². The van der Waals surface area contributed by atoms with Gasteiger partial charge in [0, 0.05) is 24.6 Å². The zero-order valence-electron chi connectivity index (χ0n) is 17.0. The highest BCUT2D eigenvalue weighted by atomic mass is 35.5. The molecule has 0 aliphatic rings. The predicted molar refractivity (Wildman–Crippen MR) is 112 cm³/mol. The number of unbranched alkanes of at least 4 members (excludes halogenated alkanes) is 10. The van der Waals surface area contributed by atoms with E-state index < -0.39 is 0 Å². The molecular weight excluding hydrogens is 362 g/mol. The molecule has 0 spiro atoms. The van der Waals surface area contributed by atoms with Crippen LogP contribution in [0.25, 0.3) is 0 Å². The van der Waals surface area contributed by atoms with E-state index in [1.54, 1.807) is 0 Å². The minimum atomic E-state index is -0.224. The number of carbonyl (C=O) groups is 1. The molecule has 0 fully saturated rings. The van der Waals surface area contributed by atoms with Crippen LogP contribution in [0.1, 0.15) is 96.8 Å². The highest BCUT2D eigenvalue weighted by Crippen LogP contribution is 2.24. The third-order valence-corrected chi connectivity index (χ3v) is 5.65. The molecule has 1 aromatic rings. The van der Waals surface area contributed by atoms with E-state index in [9.17, 15) is 15.0 Å². The van der Waals surface area contributed by atoms with Gasteiger partial charge in [-0.2, -0.15) is 0 Å². The van der Waals surface area contributed by atoms with Crippen LogP contribution < -0.4 is 0 Å². The summed E-state index contributed by atoms with van der Waals surface area (Å²) in [7, 11) is 0. The van der Waals surface area contributed by atoms with Crippen molar-refractivity contribution in [2.24, 2.45) is 5.92 Å². The Hall–Kier alpha value is -1.16. The summed E-state index contributed by atoms with van der Waals surface area (Å²) < 4.78 is 1.47. The summed E-state index contributed by atoms with van der Waals surface area (Å²) in [5.41, 5.74) is 0. The number of carbonyl (C=O) groups excluding carboxylic acids is 1. The molecule has 0 aliphatic heterocycles. The van der Waals surface area contributed by atoms with Crippen molar-refractivity contribution in [3.63, 3.8) is 0 Å². The first kappa shape index (κ1) is 23.9. The Morgan fingerprint density at radius 2 is 1.30 bits per heavy atom. The van der Waals surface area contributed by atoms with Crippen molar-refractivity contribution in [2.75, 3.05) is 0 Å². The third kappa shape index (κ3) is 10.7. The first-order valence-corrected chi connectivity index (χ1v) is 11.2. The Labute approximate surface area is 169 Å². The number of aromatic hydroxyl groups is 2. The summed E-state index contributed by atoms with van der Waals surface area (Å²) in [5.74, 6) is 0.0817. The van der Waals surface area contributed by atoms with Crippen LogP contribution in [-0.2, 0) is 11.3 Å². The molecule has 0 saturated heterocycles. The molecule has 0 radical (unpaired) electrons. The van der Waals surface area contributed by atoms with Gasteiger partial charge in [-0.3, -0.25) is 9.36 Å². The van der Waals surface area contributed by atoms with E-state index in [1.807, 2.05) is 0 Å². The van der Waals surface area contributed by atoms with Crippen molar-refractivity contribution in [3.8, 4) is 11.8 Å². The van der Waals surface area contributed by atoms with E-state index in [1.165, 1.54) is 74.5 Å². The summed E-state index contributed by atoms with van der Waals surface area (Å²) in [6, 6.07) is 2.96. The van der Waals surface area contributed by atoms with Crippen LogP contribution >= 0.6 is 11.6 Å². The summed E-state index contributed by atoms with van der Waals surface area (Å²) >= 11 is 5.77. The van der Waals surface area contributed by atoms with Crippen molar-refractivity contribution >= 4 is 16.8 Å². The van der Waals surface area contributed by atoms with Crippen LogP contribution in [0.5, 0.6) is 11.8 Å². The smallest absolute Gasteiger partial charge is 0.224 e. The summed E-state index contributed by atoms with van der Waals surface area (Å²) in [5, 5.41) is 19.0. The molecule has 1 aromatic heterocycles. The number of nitrogens with zero attached hydrogens (tertiary/aromatic N) is 1. The molecule has 156 valence electrons. The van der Waals surface area contributed by atoms with E-state index in [-0.39, 0.29) is 22.9 Å². The second-order valence-electron chi connectivity index (χ2n) is 7.67. The second-order valence-corrected chi connectivity index (χ2v) is 8.04. The van der Waals surface area contributed by atoms with E-state index >= 15 is 0 Å². The normalized spacial score (nSPS) is 12.4. The lowest BCUT2D eigenvalue weighted by atomic mass is 9.96. The number of rotatable bonds is 17. The fraction of sp³-hybridized carbons (Fsp3) is 0.773. The van der Waals surface area contributed by atoms with Gasteiger partial charge >= 0.3 is 0 Å². The van der Waals surface area contributed by atoms with Crippen LogP contribution in [-0.4, -0.2) is 20.0 Å². The molecule has 1 unspecified atom stereocenters. The molecule has 27 heavy (non-hydrogen) atoms. The van der Waals surface area contributed by atoms with Crippen molar-refractivity contribution < 1.29 is 15.0 Å². The second kappa shape index (κ2) is 14.8. The first-order valence-electron chi connectivity index (χ1n) is 10.8. The molecule has 0 saturated carbocycles. The lowest BCUT2D eigenvalue weighted by Crippen LogP contribution is -2.09. The van der Waals surface area contributed by atoms with Gasteiger partial charge in [-0.15, -0.1) is 0 Å². The Morgan fingerprint density at radius 3 is 1.78 bits per heavy atom. The summed E-state index contributed by atoms with van der Waals surface area (Å²) in [6.07, 6.45) is 16.2. The Balaban J connectivity index is 2.06. The molecule has 0 amide bonds. The topological polar surface area (TPSA) is 62.5 Å². The fourth-order valence-corrected chi connectivity index (χ4v) is 3.80. The minimum absolute atomic E-state index is 0.0624. The maximum atomic E-state index is 11.6. The fourth-order valence-electron chi connectivity index (χ4n) is 3.59. The van der Waals surface area contributed by atoms with Gasteiger partial charge in [-0.25, -0.2) is 0 Å². The van der Waals surface area contributed by atoms with Gasteiger partial charge in [0.15, 0.2) is 11.8 Å². The average Bonchev–Trinajstić information content (AvgIpc) is 2.96. The maximum absolute atomic E-state index is 11.6. The molecule has 0 aromatic carbocycles. The van der Waals surface area contributed by atoms with Gasteiger partial charge in [-0.1, -0.05) is 77.6 Å². The van der Waals surface area contributed by atoms with Crippen molar-refractivity contribution in [3.05, 3.63) is 12.1 Å². The molecule has 1 rings (SSSR count). The quantitative estimate of drug-likeness (QED) is 0.224. The summed E-state index contributed by atoms with van der Waals surface area (Å²) in [4.78, 5) is 11.6. The first-order chi connectivity index (χ1) is 13.1. The number of hydrogen-bond acceptors (Lipinski definition) is 3. The molecule has 0 bridgehead atoms. The van der Waals surface area contributed by atoms with Crippen LogP contribution in [0.15, 0.2) is 12.1 Å². The summed E-state index contributed by atoms with van der Waals surface area (Å²) in [6.45, 7) is 2.79. The largest absolute Gasteiger partial charge is 0.494 e. The Morgan fingerprint density at radius 1 is 0.852 bits per heavy atom. The SMILES string of the molecule is CCCCCCCCCCCCC(CCCCn1c(O)ccc1O)C(=O)Cl. The van der Waals surface area contributed by atoms with Crippen LogP contribution in [0.4, 0.5) is 0 Å². The zero-order chi connectivity index (χ0) is 19.9. The van der Waals surface area contributed by atoms with E-state index in [0.717, 1.165) is 32.1 Å². The molecule has 0 aliphatic carbocycles. The predicted octanol–water partition coefficient (Wildman–Crippen LogP) is 6.76. The van der Waals surface area contributed by atoms with Gasteiger partial charge in [0.25, 0.3) is 0 Å². The lowest BCUT2D eigenvalue weighted by Gasteiger charge is -2.13. The minimum Gasteiger partial charge on any atom is -0.494 e. The van der Waals surface area contributed by atoms with Crippen molar-refractivity contribution in [1.82, 2.24) is 4.57 Å². The molecule has 4 nitrogen and oxygen atoms in total. The van der Waals surface area contributed by atoms with Crippen LogP contribution in [0.2, 0.25) is 0 Å². The number of aromatic nitrogens is 1. The third-order valence-electron chi connectivity index (χ3n) is 5.35. The molecule has 5 heteroatoms. The average molecular weight is 400 g/mol. The van der Waals surface area contributed by atoms with E-state index in [0.29, 0.717) is 6.54 Å². The lowest BCUT2D eigenvalue weighted by molar-refractivity contribution is -0.115. The van der Waals surface area contributed by atoms with Gasteiger partial charge in [0.2, 0.25) is 5.24 Å². The van der Waals surface area contributed by atoms with Gasteiger partial charge < -0.3 is 10.2 Å². The highest BCUT2D eigenvalue weighted by molar-refractivity contribution is 6.63. The Kier molecular flexibility index (Phi) is 13.1. The highest BCUT2D eigenvalue weighted by Gasteiger charge is 2.15. The Bertz CT molecular complexity index is 496. The molecule has 1 heterocycles. The standard InChI is InChI=1S/C22H38ClNO3/c1-2-3-4-5-6-7-8-9-10-11-14-19(22(23)27)15-12-13-18-24-20(25)16-17-21(24)26/h16-17,19,25-26H,2-15,18H2,1H3. The van der Waals surface area contributed by atoms with Crippen molar-refractivity contribution in [2.45, 2.75) is 103 Å².